The summed E-state index contributed by atoms with van der Waals surface area (Å²) in [5, 5.41) is 11.0. The summed E-state index contributed by atoms with van der Waals surface area (Å²) >= 11 is 0. The van der Waals surface area contributed by atoms with Gasteiger partial charge in [-0.05, 0) is 55.7 Å². The molecule has 4 amide bonds. The highest BCUT2D eigenvalue weighted by molar-refractivity contribution is 6.00. The average Bonchev–Trinajstić information content (AvgIpc) is 3.28. The standard InChI is InChI=1S/C22H26N4O4/c1-15-5-2-3-6-18(15)26-22(29)25-17-10-8-16(9-11-17)20(27)23-12-13-24-21(28)19-7-4-14-30-19/h2-3,5-6,8-11,19H,4,7,12-14H2,1H3,(H,23,27)(H,24,28)(H2,25,26,29). The molecule has 0 saturated carbocycles. The molecular formula is C22H26N4O4. The lowest BCUT2D eigenvalue weighted by molar-refractivity contribution is -0.129. The molecule has 0 bridgehead atoms. The highest BCUT2D eigenvalue weighted by Gasteiger charge is 2.22. The predicted molar refractivity (Wildman–Crippen MR) is 115 cm³/mol. The molecule has 8 heteroatoms. The third-order valence-corrected chi connectivity index (χ3v) is 4.73. The Kier molecular flexibility index (Phi) is 7.40. The Morgan fingerprint density at radius 2 is 1.70 bits per heavy atom. The summed E-state index contributed by atoms with van der Waals surface area (Å²) in [6, 6.07) is 13.7. The lowest BCUT2D eigenvalue weighted by atomic mass is 10.2. The molecule has 0 aromatic heterocycles. The highest BCUT2D eigenvalue weighted by Crippen LogP contribution is 2.15. The monoisotopic (exact) mass is 410 g/mol. The van der Waals surface area contributed by atoms with Crippen molar-refractivity contribution in [3.63, 3.8) is 0 Å². The summed E-state index contributed by atoms with van der Waals surface area (Å²) < 4.78 is 5.31. The van der Waals surface area contributed by atoms with E-state index in [1.54, 1.807) is 24.3 Å². The number of rotatable bonds is 7. The van der Waals surface area contributed by atoms with E-state index in [1.165, 1.54) is 0 Å². The van der Waals surface area contributed by atoms with Crippen molar-refractivity contribution in [2.45, 2.75) is 25.9 Å². The minimum atomic E-state index is -0.372. The van der Waals surface area contributed by atoms with Crippen molar-refractivity contribution in [2.75, 3.05) is 30.3 Å². The summed E-state index contributed by atoms with van der Waals surface area (Å²) in [7, 11) is 0. The SMILES string of the molecule is Cc1ccccc1NC(=O)Nc1ccc(C(=O)NCCNC(=O)C2CCCO2)cc1. The lowest BCUT2D eigenvalue weighted by Crippen LogP contribution is -2.39. The van der Waals surface area contributed by atoms with Crippen molar-refractivity contribution in [3.05, 3.63) is 59.7 Å². The maximum absolute atomic E-state index is 12.2. The van der Waals surface area contributed by atoms with Gasteiger partial charge in [-0.2, -0.15) is 0 Å². The molecule has 1 aliphatic heterocycles. The van der Waals surface area contributed by atoms with Crippen LogP contribution in [0.5, 0.6) is 0 Å². The van der Waals surface area contributed by atoms with Gasteiger partial charge in [-0.3, -0.25) is 9.59 Å². The van der Waals surface area contributed by atoms with E-state index in [0.29, 0.717) is 30.9 Å². The number of amides is 4. The maximum Gasteiger partial charge on any atom is 0.323 e. The number of carbonyl (C=O) groups excluding carboxylic acids is 3. The van der Waals surface area contributed by atoms with Crippen LogP contribution in [-0.4, -0.2) is 43.6 Å². The Bertz CT molecular complexity index is 892. The van der Waals surface area contributed by atoms with Gasteiger partial charge in [0.15, 0.2) is 0 Å². The number of hydrogen-bond donors (Lipinski definition) is 4. The molecule has 1 saturated heterocycles. The molecule has 158 valence electrons. The molecule has 8 nitrogen and oxygen atoms in total. The van der Waals surface area contributed by atoms with Crippen LogP contribution < -0.4 is 21.3 Å². The van der Waals surface area contributed by atoms with E-state index < -0.39 is 0 Å². The van der Waals surface area contributed by atoms with Crippen LogP contribution in [0.15, 0.2) is 48.5 Å². The summed E-state index contributed by atoms with van der Waals surface area (Å²) in [6.07, 6.45) is 1.26. The van der Waals surface area contributed by atoms with E-state index in [9.17, 15) is 14.4 Å². The molecule has 2 aromatic carbocycles. The Balaban J connectivity index is 1.40. The quantitative estimate of drug-likeness (QED) is 0.526. The molecule has 0 aliphatic carbocycles. The van der Waals surface area contributed by atoms with Gasteiger partial charge >= 0.3 is 6.03 Å². The molecular weight excluding hydrogens is 384 g/mol. The number of ether oxygens (including phenoxy) is 1. The van der Waals surface area contributed by atoms with Gasteiger partial charge in [-0.15, -0.1) is 0 Å². The normalized spacial score (nSPS) is 15.3. The molecule has 1 fully saturated rings. The largest absolute Gasteiger partial charge is 0.368 e. The zero-order valence-corrected chi connectivity index (χ0v) is 16.9. The van der Waals surface area contributed by atoms with Gasteiger partial charge in [-0.25, -0.2) is 4.79 Å². The first kappa shape index (κ1) is 21.3. The average molecular weight is 410 g/mol. The van der Waals surface area contributed by atoms with E-state index in [1.807, 2.05) is 31.2 Å². The summed E-state index contributed by atoms with van der Waals surface area (Å²) in [6.45, 7) is 3.18. The smallest absolute Gasteiger partial charge is 0.323 e. The number of anilines is 2. The topological polar surface area (TPSA) is 109 Å². The van der Waals surface area contributed by atoms with Crippen molar-refractivity contribution >= 4 is 29.2 Å². The molecule has 1 unspecified atom stereocenters. The first-order valence-electron chi connectivity index (χ1n) is 9.94. The van der Waals surface area contributed by atoms with Crippen molar-refractivity contribution in [3.8, 4) is 0 Å². The van der Waals surface area contributed by atoms with E-state index in [2.05, 4.69) is 21.3 Å². The summed E-state index contributed by atoms with van der Waals surface area (Å²) in [5.74, 6) is -0.390. The molecule has 0 spiro atoms. The predicted octanol–water partition coefficient (Wildman–Crippen LogP) is 2.66. The maximum atomic E-state index is 12.2. The fourth-order valence-electron chi connectivity index (χ4n) is 3.06. The minimum Gasteiger partial charge on any atom is -0.368 e. The summed E-state index contributed by atoms with van der Waals surface area (Å²) in [5.41, 5.74) is 2.73. The molecule has 1 heterocycles. The Labute approximate surface area is 175 Å². The van der Waals surface area contributed by atoms with Gasteiger partial charge < -0.3 is 26.0 Å². The zero-order valence-electron chi connectivity index (χ0n) is 16.9. The molecule has 0 radical (unpaired) electrons. The summed E-state index contributed by atoms with van der Waals surface area (Å²) in [4.78, 5) is 36.2. The zero-order chi connectivity index (χ0) is 21.3. The molecule has 2 aromatic rings. The number of para-hydroxylation sites is 1. The fourth-order valence-corrected chi connectivity index (χ4v) is 3.06. The molecule has 30 heavy (non-hydrogen) atoms. The van der Waals surface area contributed by atoms with Crippen LogP contribution in [0.3, 0.4) is 0 Å². The van der Waals surface area contributed by atoms with Crippen molar-refractivity contribution in [2.24, 2.45) is 0 Å². The van der Waals surface area contributed by atoms with Gasteiger partial charge in [0.1, 0.15) is 6.10 Å². The Hall–Kier alpha value is -3.39. The third-order valence-electron chi connectivity index (χ3n) is 4.73. The Morgan fingerprint density at radius 3 is 2.40 bits per heavy atom. The van der Waals surface area contributed by atoms with Crippen LogP contribution in [-0.2, 0) is 9.53 Å². The van der Waals surface area contributed by atoms with Gasteiger partial charge in [0.25, 0.3) is 5.91 Å². The second kappa shape index (κ2) is 10.4. The van der Waals surface area contributed by atoms with E-state index in [-0.39, 0.29) is 23.9 Å². The Morgan fingerprint density at radius 1 is 0.967 bits per heavy atom. The van der Waals surface area contributed by atoms with Crippen LogP contribution in [0.25, 0.3) is 0 Å². The van der Waals surface area contributed by atoms with Crippen molar-refractivity contribution < 1.29 is 19.1 Å². The second-order valence-electron chi connectivity index (χ2n) is 7.02. The molecule has 4 N–H and O–H groups in total. The van der Waals surface area contributed by atoms with Gasteiger partial charge in [-0.1, -0.05) is 18.2 Å². The lowest BCUT2D eigenvalue weighted by Gasteiger charge is -2.11. The fraction of sp³-hybridized carbons (Fsp3) is 0.318. The van der Waals surface area contributed by atoms with Crippen molar-refractivity contribution in [1.29, 1.82) is 0 Å². The number of urea groups is 1. The van der Waals surface area contributed by atoms with E-state index in [4.69, 9.17) is 4.74 Å². The molecule has 1 atom stereocenters. The first-order valence-corrected chi connectivity index (χ1v) is 9.94. The number of carbonyl (C=O) groups is 3. The number of benzene rings is 2. The molecule has 1 aliphatic rings. The molecule has 3 rings (SSSR count). The van der Waals surface area contributed by atoms with E-state index >= 15 is 0 Å². The van der Waals surface area contributed by atoms with E-state index in [0.717, 1.165) is 24.1 Å². The van der Waals surface area contributed by atoms with Gasteiger partial charge in [0, 0.05) is 36.6 Å². The first-order chi connectivity index (χ1) is 14.5. The van der Waals surface area contributed by atoms with Crippen LogP contribution in [0.1, 0.15) is 28.8 Å². The number of aryl methyl sites for hydroxylation is 1. The number of hydrogen-bond acceptors (Lipinski definition) is 4. The van der Waals surface area contributed by atoms with Crippen LogP contribution >= 0.6 is 0 Å². The third kappa shape index (κ3) is 6.05. The van der Waals surface area contributed by atoms with Gasteiger partial charge in [0.05, 0.1) is 0 Å². The van der Waals surface area contributed by atoms with Gasteiger partial charge in [0.2, 0.25) is 5.91 Å². The van der Waals surface area contributed by atoms with Crippen LogP contribution in [0, 0.1) is 6.92 Å². The van der Waals surface area contributed by atoms with Crippen LogP contribution in [0.2, 0.25) is 0 Å². The number of nitrogens with one attached hydrogen (secondary N) is 4. The minimum absolute atomic E-state index is 0.138. The van der Waals surface area contributed by atoms with Crippen LogP contribution in [0.4, 0.5) is 16.2 Å². The highest BCUT2D eigenvalue weighted by atomic mass is 16.5. The second-order valence-corrected chi connectivity index (χ2v) is 7.02. The van der Waals surface area contributed by atoms with Crippen molar-refractivity contribution in [1.82, 2.24) is 10.6 Å².